The van der Waals surface area contributed by atoms with Gasteiger partial charge in [-0.1, -0.05) is 13.8 Å². The first-order valence-corrected chi connectivity index (χ1v) is 8.73. The topological polar surface area (TPSA) is 53.1 Å². The number of aryl methyl sites for hydroxylation is 1. The number of nitrogens with one attached hydrogen (secondary N) is 2. The lowest BCUT2D eigenvalue weighted by atomic mass is 9.92. The lowest BCUT2D eigenvalue weighted by molar-refractivity contribution is 0.355. The van der Waals surface area contributed by atoms with Gasteiger partial charge in [-0.2, -0.15) is 4.98 Å². The van der Waals surface area contributed by atoms with E-state index in [4.69, 9.17) is 12.2 Å². The van der Waals surface area contributed by atoms with E-state index < -0.39 is 0 Å². The molecule has 23 heavy (non-hydrogen) atoms. The second-order valence-corrected chi connectivity index (χ2v) is 8.28. The Labute approximate surface area is 145 Å². The fourth-order valence-corrected chi connectivity index (χ4v) is 3.49. The number of piperidine rings is 1. The summed E-state index contributed by atoms with van der Waals surface area (Å²) >= 11 is 5.35. The Morgan fingerprint density at radius 3 is 2.39 bits per heavy atom. The van der Waals surface area contributed by atoms with E-state index in [-0.39, 0.29) is 5.54 Å². The van der Waals surface area contributed by atoms with Gasteiger partial charge in [0.1, 0.15) is 5.82 Å². The van der Waals surface area contributed by atoms with E-state index in [1.165, 1.54) is 6.42 Å². The normalized spacial score (nSPS) is 21.9. The van der Waals surface area contributed by atoms with Crippen LogP contribution in [0.3, 0.4) is 0 Å². The zero-order chi connectivity index (χ0) is 17.2. The van der Waals surface area contributed by atoms with Gasteiger partial charge in [-0.3, -0.25) is 0 Å². The molecule has 5 nitrogen and oxygen atoms in total. The summed E-state index contributed by atoms with van der Waals surface area (Å²) in [5.74, 6) is 2.92. The maximum atomic E-state index is 5.35. The summed E-state index contributed by atoms with van der Waals surface area (Å²) in [5.41, 5.74) is 0.857. The van der Waals surface area contributed by atoms with Gasteiger partial charge in [0.25, 0.3) is 0 Å². The number of hydrogen-bond donors (Lipinski definition) is 2. The molecule has 1 aliphatic heterocycles. The first kappa shape index (κ1) is 17.9. The van der Waals surface area contributed by atoms with E-state index >= 15 is 0 Å². The molecule has 2 heterocycles. The molecule has 0 aromatic carbocycles. The quantitative estimate of drug-likeness (QED) is 0.809. The van der Waals surface area contributed by atoms with Gasteiger partial charge in [0, 0.05) is 30.4 Å². The summed E-state index contributed by atoms with van der Waals surface area (Å²) < 4.78 is 0. The molecule has 0 aliphatic carbocycles. The highest BCUT2D eigenvalue weighted by atomic mass is 32.1. The van der Waals surface area contributed by atoms with Crippen molar-refractivity contribution in [2.45, 2.75) is 53.5 Å². The number of rotatable bonds is 2. The van der Waals surface area contributed by atoms with E-state index in [9.17, 15) is 0 Å². The average molecular weight is 336 g/mol. The van der Waals surface area contributed by atoms with Crippen LogP contribution in [0.4, 0.5) is 11.8 Å². The minimum Gasteiger partial charge on any atom is -0.358 e. The Balaban J connectivity index is 2.14. The number of nitrogens with zero attached hydrogens (tertiary/aromatic N) is 3. The zero-order valence-corrected chi connectivity index (χ0v) is 15.9. The third-order valence-corrected chi connectivity index (χ3v) is 3.95. The highest BCUT2D eigenvalue weighted by Gasteiger charge is 2.23. The summed E-state index contributed by atoms with van der Waals surface area (Å²) in [7, 11) is 0. The van der Waals surface area contributed by atoms with E-state index in [1.54, 1.807) is 0 Å². The lowest BCUT2D eigenvalue weighted by Gasteiger charge is -2.36. The van der Waals surface area contributed by atoms with E-state index in [1.807, 2.05) is 6.92 Å². The molecule has 1 aromatic rings. The van der Waals surface area contributed by atoms with Gasteiger partial charge in [0.05, 0.1) is 0 Å². The van der Waals surface area contributed by atoms with Gasteiger partial charge in [-0.05, 0) is 58.2 Å². The maximum absolute atomic E-state index is 5.35. The van der Waals surface area contributed by atoms with Crippen LogP contribution in [0.1, 0.15) is 46.7 Å². The molecule has 2 rings (SSSR count). The predicted octanol–water partition coefficient (Wildman–Crippen LogP) is 3.35. The second kappa shape index (κ2) is 6.99. The lowest BCUT2D eigenvalue weighted by Crippen LogP contribution is -2.43. The fourth-order valence-electron chi connectivity index (χ4n) is 3.09. The van der Waals surface area contributed by atoms with E-state index in [0.717, 1.165) is 24.6 Å². The smallest absolute Gasteiger partial charge is 0.231 e. The van der Waals surface area contributed by atoms with Crippen molar-refractivity contribution < 1.29 is 0 Å². The Hall–Kier alpha value is -1.43. The number of thiocarbonyl (C=S) groups is 1. The van der Waals surface area contributed by atoms with Gasteiger partial charge >= 0.3 is 0 Å². The van der Waals surface area contributed by atoms with Crippen molar-refractivity contribution in [1.82, 2.24) is 15.3 Å². The second-order valence-electron chi connectivity index (χ2n) is 7.87. The summed E-state index contributed by atoms with van der Waals surface area (Å²) in [6.07, 6.45) is 1.28. The van der Waals surface area contributed by atoms with Crippen molar-refractivity contribution in [1.29, 1.82) is 0 Å². The molecule has 0 amide bonds. The minimum atomic E-state index is -0.0888. The third kappa shape index (κ3) is 5.61. The average Bonchev–Trinajstić information content (AvgIpc) is 2.34. The van der Waals surface area contributed by atoms with Crippen LogP contribution in [-0.4, -0.2) is 33.7 Å². The van der Waals surface area contributed by atoms with Crippen molar-refractivity contribution in [2.24, 2.45) is 11.8 Å². The van der Waals surface area contributed by atoms with Crippen molar-refractivity contribution in [2.75, 3.05) is 23.3 Å². The Kier molecular flexibility index (Phi) is 5.45. The molecule has 0 spiro atoms. The van der Waals surface area contributed by atoms with Crippen LogP contribution in [-0.2, 0) is 0 Å². The molecule has 0 saturated carbocycles. The summed E-state index contributed by atoms with van der Waals surface area (Å²) in [6, 6.07) is 2.05. The Morgan fingerprint density at radius 2 is 1.83 bits per heavy atom. The van der Waals surface area contributed by atoms with E-state index in [0.29, 0.717) is 22.9 Å². The summed E-state index contributed by atoms with van der Waals surface area (Å²) in [5, 5.41) is 6.89. The molecule has 1 aromatic heterocycles. The highest BCUT2D eigenvalue weighted by Crippen LogP contribution is 2.26. The largest absolute Gasteiger partial charge is 0.358 e. The predicted molar refractivity (Wildman–Crippen MR) is 101 cm³/mol. The van der Waals surface area contributed by atoms with Crippen LogP contribution < -0.4 is 15.5 Å². The van der Waals surface area contributed by atoms with Gasteiger partial charge in [0.2, 0.25) is 5.95 Å². The monoisotopic (exact) mass is 335 g/mol. The van der Waals surface area contributed by atoms with Gasteiger partial charge in [-0.15, -0.1) is 0 Å². The first-order chi connectivity index (χ1) is 10.6. The molecule has 2 N–H and O–H groups in total. The first-order valence-electron chi connectivity index (χ1n) is 8.32. The van der Waals surface area contributed by atoms with Crippen LogP contribution in [0.5, 0.6) is 0 Å². The van der Waals surface area contributed by atoms with Crippen molar-refractivity contribution >= 4 is 29.1 Å². The fraction of sp³-hybridized carbons (Fsp3) is 0.706. The van der Waals surface area contributed by atoms with Crippen LogP contribution in [0, 0.1) is 18.8 Å². The molecule has 0 radical (unpaired) electrons. The van der Waals surface area contributed by atoms with E-state index in [2.05, 4.69) is 66.2 Å². The van der Waals surface area contributed by atoms with Gasteiger partial charge < -0.3 is 15.5 Å². The third-order valence-electron chi connectivity index (χ3n) is 3.75. The molecule has 128 valence electrons. The summed E-state index contributed by atoms with van der Waals surface area (Å²) in [4.78, 5) is 11.5. The summed E-state index contributed by atoms with van der Waals surface area (Å²) in [6.45, 7) is 14.9. The minimum absolute atomic E-state index is 0.0888. The van der Waals surface area contributed by atoms with Crippen molar-refractivity contribution in [3.8, 4) is 0 Å². The molecular formula is C17H29N5S. The van der Waals surface area contributed by atoms with Crippen molar-refractivity contribution in [3.63, 3.8) is 0 Å². The molecular weight excluding hydrogens is 306 g/mol. The molecule has 6 heteroatoms. The Morgan fingerprint density at radius 1 is 1.22 bits per heavy atom. The molecule has 0 unspecified atom stereocenters. The molecule has 1 aliphatic rings. The van der Waals surface area contributed by atoms with Gasteiger partial charge in [0.15, 0.2) is 5.11 Å². The highest BCUT2D eigenvalue weighted by molar-refractivity contribution is 7.80. The molecule has 1 saturated heterocycles. The molecule has 0 bridgehead atoms. The molecule has 2 atom stereocenters. The number of hydrogen-bond acceptors (Lipinski definition) is 4. The van der Waals surface area contributed by atoms with Gasteiger partial charge in [-0.25, -0.2) is 4.98 Å². The van der Waals surface area contributed by atoms with Crippen LogP contribution in [0.15, 0.2) is 6.07 Å². The standard InChI is InChI=1S/C17H29N5S/c1-11-7-12(2)10-22(9-11)14-8-13(3)18-15(19-14)20-16(23)21-17(4,5)6/h8,11-12H,7,9-10H2,1-6H3,(H2,18,19,20,21,23)/t11-,12+. The van der Waals surface area contributed by atoms with Crippen LogP contribution in [0.25, 0.3) is 0 Å². The molecule has 1 fully saturated rings. The Bertz CT molecular complexity index is 557. The van der Waals surface area contributed by atoms with Crippen LogP contribution in [0.2, 0.25) is 0 Å². The van der Waals surface area contributed by atoms with Crippen molar-refractivity contribution in [3.05, 3.63) is 11.8 Å². The maximum Gasteiger partial charge on any atom is 0.231 e. The number of anilines is 2. The number of aromatic nitrogens is 2. The van der Waals surface area contributed by atoms with Crippen LogP contribution >= 0.6 is 12.2 Å². The zero-order valence-electron chi connectivity index (χ0n) is 15.1. The SMILES string of the molecule is Cc1cc(N2C[C@H](C)C[C@H](C)C2)nc(NC(=S)NC(C)(C)C)n1.